The lowest BCUT2D eigenvalue weighted by molar-refractivity contribution is -0.140. The lowest BCUT2D eigenvalue weighted by atomic mass is 10.1. The molecule has 0 radical (unpaired) electrons. The van der Waals surface area contributed by atoms with Gasteiger partial charge in [0, 0.05) is 16.0 Å². The Morgan fingerprint density at radius 2 is 1.76 bits per heavy atom. The smallest absolute Gasteiger partial charge is 0.261 e. The highest BCUT2D eigenvalue weighted by molar-refractivity contribution is 9.10. The molecule has 3 aromatic carbocycles. The predicted octanol–water partition coefficient (Wildman–Crippen LogP) is 4.88. The summed E-state index contributed by atoms with van der Waals surface area (Å²) in [4.78, 5) is 42.0. The van der Waals surface area contributed by atoms with Crippen molar-refractivity contribution in [2.75, 3.05) is 18.1 Å². The van der Waals surface area contributed by atoms with Gasteiger partial charge in [0.1, 0.15) is 11.8 Å². The number of rotatable bonds is 8. The Morgan fingerprint density at radius 1 is 1.03 bits per heavy atom. The molecule has 1 aliphatic heterocycles. The van der Waals surface area contributed by atoms with Crippen LogP contribution in [0.25, 0.3) is 0 Å². The number of carbonyl (C=O) groups excluding carboxylic acids is 3. The van der Waals surface area contributed by atoms with Crippen molar-refractivity contribution in [3.05, 3.63) is 93.9 Å². The largest absolute Gasteiger partial charge is 0.484 e. The van der Waals surface area contributed by atoms with Crippen LogP contribution in [0.4, 0.5) is 5.69 Å². The van der Waals surface area contributed by atoms with E-state index in [4.69, 9.17) is 16.3 Å². The van der Waals surface area contributed by atoms with Gasteiger partial charge < -0.3 is 9.64 Å². The van der Waals surface area contributed by atoms with Gasteiger partial charge in [0.25, 0.3) is 11.8 Å². The molecule has 34 heavy (non-hydrogen) atoms. The summed E-state index contributed by atoms with van der Waals surface area (Å²) >= 11 is 9.46. The van der Waals surface area contributed by atoms with Crippen LogP contribution in [0, 0.1) is 0 Å². The minimum absolute atomic E-state index is 0.0818. The first-order valence-electron chi connectivity index (χ1n) is 10.8. The van der Waals surface area contributed by atoms with Crippen LogP contribution in [0.2, 0.25) is 5.02 Å². The normalized spacial score (nSPS) is 15.5. The van der Waals surface area contributed by atoms with Gasteiger partial charge in [0.05, 0.1) is 12.1 Å². The average molecular weight is 542 g/mol. The molecule has 3 amide bonds. The highest BCUT2D eigenvalue weighted by Gasteiger charge is 2.44. The number of anilines is 1. The quantitative estimate of drug-likeness (QED) is 0.381. The van der Waals surface area contributed by atoms with Crippen molar-refractivity contribution in [2.24, 2.45) is 0 Å². The van der Waals surface area contributed by atoms with Crippen LogP contribution in [-0.4, -0.2) is 41.8 Å². The van der Waals surface area contributed by atoms with Gasteiger partial charge in [-0.05, 0) is 60.5 Å². The Labute approximate surface area is 211 Å². The molecule has 1 aliphatic rings. The van der Waals surface area contributed by atoms with Gasteiger partial charge in [0.2, 0.25) is 5.91 Å². The summed E-state index contributed by atoms with van der Waals surface area (Å²) in [5.74, 6) is -0.584. The number of para-hydroxylation sites is 1. The third kappa shape index (κ3) is 5.66. The van der Waals surface area contributed by atoms with E-state index in [0.717, 1.165) is 14.9 Å². The lowest BCUT2D eigenvalue weighted by Gasteiger charge is -2.28. The fourth-order valence-corrected chi connectivity index (χ4v) is 4.34. The molecular formula is C26H22BrClN2O4. The summed E-state index contributed by atoms with van der Waals surface area (Å²) < 4.78 is 6.48. The number of benzene rings is 3. The number of imide groups is 1. The molecule has 1 fully saturated rings. The van der Waals surface area contributed by atoms with Crippen LogP contribution in [0.3, 0.4) is 0 Å². The second-order valence-corrected chi connectivity index (χ2v) is 9.18. The van der Waals surface area contributed by atoms with Gasteiger partial charge >= 0.3 is 0 Å². The van der Waals surface area contributed by atoms with Gasteiger partial charge in [-0.3, -0.25) is 14.4 Å². The molecule has 0 spiro atoms. The fraction of sp³-hybridized carbons (Fsp3) is 0.192. The third-order valence-electron chi connectivity index (χ3n) is 5.54. The third-order valence-corrected chi connectivity index (χ3v) is 6.30. The molecule has 0 bridgehead atoms. The number of halogens is 2. The maximum atomic E-state index is 13.3. The van der Waals surface area contributed by atoms with E-state index in [0.29, 0.717) is 22.9 Å². The Morgan fingerprint density at radius 3 is 2.47 bits per heavy atom. The number of ether oxygens (including phenoxy) is 1. The van der Waals surface area contributed by atoms with E-state index in [1.807, 2.05) is 36.4 Å². The topological polar surface area (TPSA) is 66.9 Å². The first-order chi connectivity index (χ1) is 16.4. The van der Waals surface area contributed by atoms with Crippen molar-refractivity contribution >= 4 is 50.9 Å². The van der Waals surface area contributed by atoms with E-state index in [1.165, 1.54) is 4.90 Å². The number of nitrogens with zero attached hydrogens (tertiary/aromatic N) is 2. The van der Waals surface area contributed by atoms with Crippen LogP contribution < -0.4 is 9.64 Å². The molecule has 174 valence electrons. The van der Waals surface area contributed by atoms with Crippen molar-refractivity contribution in [3.63, 3.8) is 0 Å². The Kier molecular flexibility index (Phi) is 7.65. The molecule has 0 aromatic heterocycles. The highest BCUT2D eigenvalue weighted by atomic mass is 79.9. The molecule has 6 nitrogen and oxygen atoms in total. The molecular weight excluding hydrogens is 520 g/mol. The first-order valence-corrected chi connectivity index (χ1v) is 11.9. The van der Waals surface area contributed by atoms with E-state index in [1.54, 1.807) is 42.5 Å². The Hall–Kier alpha value is -3.16. The predicted molar refractivity (Wildman–Crippen MR) is 134 cm³/mol. The van der Waals surface area contributed by atoms with E-state index >= 15 is 0 Å². The van der Waals surface area contributed by atoms with E-state index in [2.05, 4.69) is 15.9 Å². The monoisotopic (exact) mass is 540 g/mol. The fourth-order valence-electron chi connectivity index (χ4n) is 3.86. The molecule has 1 unspecified atom stereocenters. The van der Waals surface area contributed by atoms with Crippen LogP contribution in [0.15, 0.2) is 83.3 Å². The lowest BCUT2D eigenvalue weighted by Crippen LogP contribution is -2.48. The van der Waals surface area contributed by atoms with E-state index < -0.39 is 11.9 Å². The van der Waals surface area contributed by atoms with Gasteiger partial charge in [-0.25, -0.2) is 4.90 Å². The maximum Gasteiger partial charge on any atom is 0.261 e. The molecule has 1 saturated heterocycles. The van der Waals surface area contributed by atoms with Crippen LogP contribution in [-0.2, 0) is 20.8 Å². The first kappa shape index (κ1) is 24.0. The number of hydrogen-bond donors (Lipinski definition) is 0. The van der Waals surface area contributed by atoms with E-state index in [-0.39, 0.29) is 31.4 Å². The molecule has 0 aliphatic carbocycles. The van der Waals surface area contributed by atoms with Crippen LogP contribution in [0.5, 0.6) is 5.75 Å². The van der Waals surface area contributed by atoms with Crippen molar-refractivity contribution in [1.29, 1.82) is 0 Å². The number of carbonyl (C=O) groups is 3. The summed E-state index contributed by atoms with van der Waals surface area (Å²) in [6, 6.07) is 22.3. The van der Waals surface area contributed by atoms with Crippen molar-refractivity contribution in [1.82, 2.24) is 4.90 Å². The van der Waals surface area contributed by atoms with Crippen LogP contribution in [0.1, 0.15) is 12.0 Å². The molecule has 8 heteroatoms. The van der Waals surface area contributed by atoms with E-state index in [9.17, 15) is 14.4 Å². The molecule has 0 N–H and O–H groups in total. The van der Waals surface area contributed by atoms with Crippen LogP contribution >= 0.6 is 27.5 Å². The zero-order valence-corrected chi connectivity index (χ0v) is 20.5. The zero-order chi connectivity index (χ0) is 24.1. The summed E-state index contributed by atoms with van der Waals surface area (Å²) in [5.41, 5.74) is 1.40. The highest BCUT2D eigenvalue weighted by Crippen LogP contribution is 2.27. The second kappa shape index (κ2) is 10.8. The number of amides is 3. The van der Waals surface area contributed by atoms with Gasteiger partial charge in [-0.2, -0.15) is 0 Å². The summed E-state index contributed by atoms with van der Waals surface area (Å²) in [7, 11) is 0. The molecule has 0 saturated carbocycles. The van der Waals surface area contributed by atoms with Crippen molar-refractivity contribution in [2.45, 2.75) is 18.9 Å². The minimum atomic E-state index is -0.901. The molecule has 3 aromatic rings. The molecule has 1 atom stereocenters. The second-order valence-electron chi connectivity index (χ2n) is 7.83. The molecule has 1 heterocycles. The maximum absolute atomic E-state index is 13.3. The van der Waals surface area contributed by atoms with Crippen molar-refractivity contribution < 1.29 is 19.1 Å². The van der Waals surface area contributed by atoms with Gasteiger partial charge in [-0.1, -0.05) is 57.9 Å². The zero-order valence-electron chi connectivity index (χ0n) is 18.2. The average Bonchev–Trinajstić information content (AvgIpc) is 3.13. The summed E-state index contributed by atoms with van der Waals surface area (Å²) in [6.45, 7) is 0.00496. The van der Waals surface area contributed by atoms with Gasteiger partial charge in [-0.15, -0.1) is 0 Å². The SMILES string of the molecule is O=C1CC(N(CCc2cccc(Cl)c2)C(=O)COc2ccccc2)C(=O)N1c1ccc(Br)cc1. The van der Waals surface area contributed by atoms with Crippen molar-refractivity contribution in [3.8, 4) is 5.75 Å². The Bertz CT molecular complexity index is 1190. The van der Waals surface area contributed by atoms with Gasteiger partial charge in [0.15, 0.2) is 6.61 Å². The minimum Gasteiger partial charge on any atom is -0.484 e. The summed E-state index contributed by atoms with van der Waals surface area (Å²) in [5, 5.41) is 0.594. The summed E-state index contributed by atoms with van der Waals surface area (Å²) in [6.07, 6.45) is 0.398. The Balaban J connectivity index is 1.54. The standard InChI is InChI=1S/C26H22BrClN2O4/c27-19-9-11-21(12-10-19)30-24(31)16-23(26(30)33)29(14-13-18-5-4-6-20(28)15-18)25(32)17-34-22-7-2-1-3-8-22/h1-12,15,23H,13-14,16-17H2. The molecule has 4 rings (SSSR count). The number of hydrogen-bond acceptors (Lipinski definition) is 4.